The van der Waals surface area contributed by atoms with Crippen molar-refractivity contribution in [2.75, 3.05) is 13.7 Å². The molecule has 1 unspecified atom stereocenters. The highest BCUT2D eigenvalue weighted by Crippen LogP contribution is 2.23. The molecule has 0 aliphatic heterocycles. The quantitative estimate of drug-likeness (QED) is 0.441. The van der Waals surface area contributed by atoms with Crippen molar-refractivity contribution in [2.24, 2.45) is 5.73 Å². The Labute approximate surface area is 85.0 Å². The number of carbonyl (C=O) groups is 1. The van der Waals surface area contributed by atoms with Crippen LogP contribution in [0.5, 0.6) is 0 Å². The maximum absolute atomic E-state index is 11.2. The zero-order valence-corrected chi connectivity index (χ0v) is 8.00. The van der Waals surface area contributed by atoms with Crippen LogP contribution in [-0.4, -0.2) is 24.5 Å². The molecule has 1 rings (SSSR count). The van der Waals surface area contributed by atoms with Gasteiger partial charge in [-0.15, -0.1) is 0 Å². The van der Waals surface area contributed by atoms with Crippen LogP contribution in [0.2, 0.25) is 0 Å². The summed E-state index contributed by atoms with van der Waals surface area (Å²) in [6, 6.07) is 2.51. The fraction of sp³-hybridized carbons (Fsp3) is 0.375. The summed E-state index contributed by atoms with van der Waals surface area (Å²) < 4.78 is 9.32. The van der Waals surface area contributed by atoms with Crippen LogP contribution in [-0.2, 0) is 9.53 Å². The lowest BCUT2D eigenvalue weighted by molar-refractivity contribution is -0.402. The van der Waals surface area contributed by atoms with Crippen LogP contribution >= 0.6 is 0 Å². The van der Waals surface area contributed by atoms with Crippen LogP contribution in [0.4, 0.5) is 5.88 Å². The summed E-state index contributed by atoms with van der Waals surface area (Å²) in [5.41, 5.74) is 5.34. The summed E-state index contributed by atoms with van der Waals surface area (Å²) in [4.78, 5) is 20.8. The maximum atomic E-state index is 11.2. The van der Waals surface area contributed by atoms with Gasteiger partial charge in [-0.05, 0) is 6.07 Å². The predicted molar refractivity (Wildman–Crippen MR) is 49.2 cm³/mol. The third-order valence-electron chi connectivity index (χ3n) is 1.86. The van der Waals surface area contributed by atoms with E-state index in [-0.39, 0.29) is 12.3 Å². The van der Waals surface area contributed by atoms with Crippen LogP contribution in [0.25, 0.3) is 0 Å². The zero-order chi connectivity index (χ0) is 11.4. The molecule has 1 atom stereocenters. The molecular weight excluding hydrogens is 204 g/mol. The maximum Gasteiger partial charge on any atom is 0.433 e. The van der Waals surface area contributed by atoms with Crippen molar-refractivity contribution in [3.63, 3.8) is 0 Å². The van der Waals surface area contributed by atoms with Gasteiger partial charge >= 0.3 is 11.9 Å². The van der Waals surface area contributed by atoms with E-state index in [0.717, 1.165) is 0 Å². The first-order valence-electron chi connectivity index (χ1n) is 4.12. The van der Waals surface area contributed by atoms with Gasteiger partial charge in [0.05, 0.1) is 13.2 Å². The Morgan fingerprint density at radius 3 is 2.80 bits per heavy atom. The first-order valence-corrected chi connectivity index (χ1v) is 4.12. The number of furan rings is 1. The Kier molecular flexibility index (Phi) is 3.40. The van der Waals surface area contributed by atoms with E-state index in [1.807, 2.05) is 0 Å². The van der Waals surface area contributed by atoms with E-state index in [2.05, 4.69) is 4.74 Å². The van der Waals surface area contributed by atoms with Crippen LogP contribution in [0.15, 0.2) is 16.5 Å². The normalized spacial score (nSPS) is 12.1. The monoisotopic (exact) mass is 214 g/mol. The third-order valence-corrected chi connectivity index (χ3v) is 1.86. The lowest BCUT2D eigenvalue weighted by Crippen LogP contribution is -2.22. The molecule has 0 spiro atoms. The lowest BCUT2D eigenvalue weighted by Gasteiger charge is -2.07. The van der Waals surface area contributed by atoms with Crippen molar-refractivity contribution >= 4 is 11.9 Å². The van der Waals surface area contributed by atoms with E-state index in [9.17, 15) is 14.9 Å². The van der Waals surface area contributed by atoms with Crippen LogP contribution in [0.3, 0.4) is 0 Å². The molecule has 1 heterocycles. The Bertz CT molecular complexity index is 373. The van der Waals surface area contributed by atoms with E-state index < -0.39 is 22.7 Å². The number of methoxy groups -OCH3 is 1. The number of ether oxygens (including phenoxy) is 1. The minimum atomic E-state index is -0.802. The van der Waals surface area contributed by atoms with Gasteiger partial charge in [-0.3, -0.25) is 14.9 Å². The number of nitrogens with two attached hydrogens (primary N) is 1. The van der Waals surface area contributed by atoms with Gasteiger partial charge in [0.2, 0.25) is 0 Å². The summed E-state index contributed by atoms with van der Waals surface area (Å²) in [5, 5.41) is 10.3. The second kappa shape index (κ2) is 4.56. The minimum Gasteiger partial charge on any atom is -0.468 e. The Morgan fingerprint density at radius 1 is 1.73 bits per heavy atom. The van der Waals surface area contributed by atoms with Gasteiger partial charge < -0.3 is 14.9 Å². The number of nitro groups is 1. The van der Waals surface area contributed by atoms with E-state index in [1.54, 1.807) is 0 Å². The number of rotatable bonds is 4. The second-order valence-electron chi connectivity index (χ2n) is 2.74. The topological polar surface area (TPSA) is 109 Å². The molecule has 1 aromatic heterocycles. The summed E-state index contributed by atoms with van der Waals surface area (Å²) in [7, 11) is 1.21. The predicted octanol–water partition coefficient (Wildman–Crippen LogP) is 0.403. The van der Waals surface area contributed by atoms with Gasteiger partial charge in [-0.25, -0.2) is 0 Å². The SMILES string of the molecule is COC(=O)C(CN)c1ccc([N+](=O)[O-])o1. The second-order valence-corrected chi connectivity index (χ2v) is 2.74. The Balaban J connectivity index is 2.92. The molecule has 82 valence electrons. The van der Waals surface area contributed by atoms with Gasteiger partial charge in [0, 0.05) is 6.54 Å². The van der Waals surface area contributed by atoms with Gasteiger partial charge in [0.15, 0.2) is 0 Å². The summed E-state index contributed by atoms with van der Waals surface area (Å²) in [6.45, 7) is -0.0304. The molecule has 0 aliphatic rings. The summed E-state index contributed by atoms with van der Waals surface area (Å²) in [6.07, 6.45) is 0. The van der Waals surface area contributed by atoms with Crippen LogP contribution < -0.4 is 5.73 Å². The smallest absolute Gasteiger partial charge is 0.433 e. The van der Waals surface area contributed by atoms with E-state index in [1.165, 1.54) is 19.2 Å². The van der Waals surface area contributed by atoms with Crippen LogP contribution in [0.1, 0.15) is 11.7 Å². The molecule has 0 aromatic carbocycles. The molecule has 0 radical (unpaired) electrons. The molecular formula is C8H10N2O5. The highest BCUT2D eigenvalue weighted by Gasteiger charge is 2.25. The molecule has 0 fully saturated rings. The molecule has 7 nitrogen and oxygen atoms in total. The van der Waals surface area contributed by atoms with E-state index in [0.29, 0.717) is 0 Å². The fourth-order valence-corrected chi connectivity index (χ4v) is 1.10. The van der Waals surface area contributed by atoms with E-state index >= 15 is 0 Å². The molecule has 0 saturated heterocycles. The van der Waals surface area contributed by atoms with Gasteiger partial charge in [0.25, 0.3) is 0 Å². The first kappa shape index (κ1) is 11.2. The number of carbonyl (C=O) groups excluding carboxylic acids is 1. The van der Waals surface area contributed by atoms with Crippen molar-refractivity contribution < 1.29 is 18.9 Å². The van der Waals surface area contributed by atoms with Crippen molar-refractivity contribution in [1.82, 2.24) is 0 Å². The molecule has 0 aliphatic carbocycles. The largest absolute Gasteiger partial charge is 0.468 e. The van der Waals surface area contributed by atoms with Crippen molar-refractivity contribution in [1.29, 1.82) is 0 Å². The van der Waals surface area contributed by atoms with Crippen LogP contribution in [0, 0.1) is 10.1 Å². The Hall–Kier alpha value is -1.89. The minimum absolute atomic E-state index is 0.0304. The molecule has 7 heteroatoms. The number of nitrogens with zero attached hydrogens (tertiary/aromatic N) is 1. The van der Waals surface area contributed by atoms with Gasteiger partial charge in [-0.1, -0.05) is 0 Å². The molecule has 2 N–H and O–H groups in total. The highest BCUT2D eigenvalue weighted by molar-refractivity contribution is 5.77. The number of hydrogen-bond donors (Lipinski definition) is 1. The van der Waals surface area contributed by atoms with E-state index in [4.69, 9.17) is 10.2 Å². The average Bonchev–Trinajstić information content (AvgIpc) is 2.68. The highest BCUT2D eigenvalue weighted by atomic mass is 16.6. The lowest BCUT2D eigenvalue weighted by atomic mass is 10.1. The molecule has 0 amide bonds. The molecule has 15 heavy (non-hydrogen) atoms. The number of esters is 1. The van der Waals surface area contributed by atoms with Crippen molar-refractivity contribution in [3.05, 3.63) is 28.0 Å². The molecule has 0 bridgehead atoms. The standard InChI is InChI=1S/C8H10N2O5/c1-14-8(11)5(4-9)6-2-3-7(15-6)10(12)13/h2-3,5H,4,9H2,1H3. The summed E-state index contributed by atoms with van der Waals surface area (Å²) >= 11 is 0. The molecule has 0 saturated carbocycles. The third kappa shape index (κ3) is 2.32. The Morgan fingerprint density at radius 2 is 2.40 bits per heavy atom. The van der Waals surface area contributed by atoms with Crippen molar-refractivity contribution in [3.8, 4) is 0 Å². The summed E-state index contributed by atoms with van der Waals surface area (Å²) in [5.74, 6) is -1.67. The molecule has 1 aromatic rings. The average molecular weight is 214 g/mol. The first-order chi connectivity index (χ1) is 7.10. The van der Waals surface area contributed by atoms with Gasteiger partial charge in [0.1, 0.15) is 16.6 Å². The zero-order valence-electron chi connectivity index (χ0n) is 8.00. The van der Waals surface area contributed by atoms with Crippen molar-refractivity contribution in [2.45, 2.75) is 5.92 Å². The van der Waals surface area contributed by atoms with Gasteiger partial charge in [-0.2, -0.15) is 0 Å². The number of hydrogen-bond acceptors (Lipinski definition) is 6. The fourth-order valence-electron chi connectivity index (χ4n) is 1.10.